The topological polar surface area (TPSA) is 38.3 Å². The average Bonchev–Trinajstić information content (AvgIpc) is 2.22. The molecule has 2 atom stereocenters. The fourth-order valence-electron chi connectivity index (χ4n) is 3.01. The molecule has 0 heterocycles. The summed E-state index contributed by atoms with van der Waals surface area (Å²) in [6.45, 7) is 8.02. The van der Waals surface area contributed by atoms with E-state index in [0.29, 0.717) is 12.3 Å². The van der Waals surface area contributed by atoms with Crippen LogP contribution < -0.4 is 5.48 Å². The number of Topliss-reactive ketones (excluding diaryl/α,β-unsaturated/α-hetero) is 1. The molecule has 0 radical (unpaired) electrons. The highest BCUT2D eigenvalue weighted by atomic mass is 16.6. The number of nitrogens with one attached hydrogen (secondary N) is 1. The Labute approximate surface area is 96.5 Å². The Bertz CT molecular complexity index is 368. The largest absolute Gasteiger partial charge is 0.294 e. The molecule has 16 heavy (non-hydrogen) atoms. The van der Waals surface area contributed by atoms with Crippen molar-refractivity contribution in [3.8, 4) is 0 Å². The van der Waals surface area contributed by atoms with E-state index in [9.17, 15) is 4.79 Å². The normalized spacial score (nSPS) is 31.1. The first kappa shape index (κ1) is 11.4. The summed E-state index contributed by atoms with van der Waals surface area (Å²) in [7, 11) is 1.58. The van der Waals surface area contributed by atoms with Gasteiger partial charge in [-0.15, -0.1) is 6.58 Å². The van der Waals surface area contributed by atoms with Gasteiger partial charge in [0.25, 0.3) is 0 Å². The molecule has 3 rings (SSSR count). The monoisotopic (exact) mass is 221 g/mol. The van der Waals surface area contributed by atoms with E-state index in [1.165, 1.54) is 0 Å². The molecule has 3 heteroatoms. The molecule has 2 bridgehead atoms. The minimum Gasteiger partial charge on any atom is -0.294 e. The number of carbonyl (C=O) groups is 1. The molecule has 1 fully saturated rings. The van der Waals surface area contributed by atoms with Gasteiger partial charge < -0.3 is 0 Å². The van der Waals surface area contributed by atoms with Gasteiger partial charge in [-0.3, -0.25) is 15.1 Å². The molecule has 0 aromatic carbocycles. The second-order valence-electron chi connectivity index (χ2n) is 5.22. The fraction of sp³-hybridized carbons (Fsp3) is 0.615. The van der Waals surface area contributed by atoms with Crippen molar-refractivity contribution in [1.82, 2.24) is 5.48 Å². The zero-order chi connectivity index (χ0) is 11.9. The molecule has 1 N–H and O–H groups in total. The van der Waals surface area contributed by atoms with Crippen LogP contribution in [-0.2, 0) is 9.63 Å². The van der Waals surface area contributed by atoms with E-state index in [0.717, 1.165) is 17.7 Å². The number of carbonyl (C=O) groups excluding carboxylic acids is 1. The predicted octanol–water partition coefficient (Wildman–Crippen LogP) is 2.21. The lowest BCUT2D eigenvalue weighted by Gasteiger charge is -2.56. The molecule has 0 aliphatic heterocycles. The molecular formula is C13H19NO2. The summed E-state index contributed by atoms with van der Waals surface area (Å²) in [5, 5.41) is 0. The zero-order valence-corrected chi connectivity index (χ0v) is 10.2. The van der Waals surface area contributed by atoms with Gasteiger partial charge in [-0.1, -0.05) is 19.9 Å². The number of hydroxylamine groups is 1. The molecule has 0 spiro atoms. The molecule has 0 saturated heterocycles. The number of rotatable bonds is 4. The van der Waals surface area contributed by atoms with Crippen molar-refractivity contribution in [1.29, 1.82) is 0 Å². The molecule has 88 valence electrons. The van der Waals surface area contributed by atoms with Gasteiger partial charge in [0.15, 0.2) is 5.78 Å². The first-order valence-corrected chi connectivity index (χ1v) is 5.71. The lowest BCUT2D eigenvalue weighted by atomic mass is 9.48. The van der Waals surface area contributed by atoms with Gasteiger partial charge in [0.1, 0.15) is 0 Å². The second-order valence-corrected chi connectivity index (χ2v) is 5.22. The van der Waals surface area contributed by atoms with Crippen LogP contribution in [0.4, 0.5) is 0 Å². The Morgan fingerprint density at radius 2 is 2.25 bits per heavy atom. The summed E-state index contributed by atoms with van der Waals surface area (Å²) in [6, 6.07) is 0. The van der Waals surface area contributed by atoms with Crippen molar-refractivity contribution in [2.24, 2.45) is 17.3 Å². The van der Waals surface area contributed by atoms with Crippen molar-refractivity contribution < 1.29 is 9.63 Å². The van der Waals surface area contributed by atoms with E-state index >= 15 is 0 Å². The lowest BCUT2D eigenvalue weighted by Crippen LogP contribution is -2.56. The molecule has 3 nitrogen and oxygen atoms in total. The van der Waals surface area contributed by atoms with Crippen LogP contribution in [0.1, 0.15) is 26.7 Å². The van der Waals surface area contributed by atoms with Gasteiger partial charge in [0, 0.05) is 23.1 Å². The Hall–Kier alpha value is -1.09. The highest BCUT2D eigenvalue weighted by Gasteiger charge is 2.57. The molecule has 0 unspecified atom stereocenters. The molecule has 3 aliphatic carbocycles. The first-order valence-electron chi connectivity index (χ1n) is 5.71. The summed E-state index contributed by atoms with van der Waals surface area (Å²) < 4.78 is 0. The van der Waals surface area contributed by atoms with Crippen molar-refractivity contribution in [2.45, 2.75) is 26.7 Å². The predicted molar refractivity (Wildman–Crippen MR) is 62.4 cm³/mol. The minimum absolute atomic E-state index is 0.0720. The van der Waals surface area contributed by atoms with Crippen LogP contribution in [0.15, 0.2) is 23.9 Å². The number of hydrogen-bond donors (Lipinski definition) is 1. The second kappa shape index (κ2) is 3.74. The maximum Gasteiger partial charge on any atom is 0.164 e. The highest BCUT2D eigenvalue weighted by Crippen LogP contribution is 2.59. The molecule has 3 aliphatic rings. The van der Waals surface area contributed by atoms with Gasteiger partial charge in [0.05, 0.1) is 7.11 Å². The summed E-state index contributed by atoms with van der Waals surface area (Å²) in [5.41, 5.74) is 4.81. The molecule has 0 aromatic heterocycles. The minimum atomic E-state index is 0.0720. The van der Waals surface area contributed by atoms with E-state index in [2.05, 4.69) is 25.9 Å². The third-order valence-corrected chi connectivity index (χ3v) is 4.12. The summed E-state index contributed by atoms with van der Waals surface area (Å²) in [5.74, 6) is 0.881. The van der Waals surface area contributed by atoms with Crippen LogP contribution in [0.5, 0.6) is 0 Å². The van der Waals surface area contributed by atoms with Crippen molar-refractivity contribution in [2.75, 3.05) is 7.11 Å². The SMILES string of the molecule is C=CCC1=C(NOC)[C@H]2C[C@@H](C1=O)C2(C)C. The number of allylic oxidation sites excluding steroid dienone is 3. The molecule has 0 aromatic rings. The van der Waals surface area contributed by atoms with E-state index in [1.54, 1.807) is 13.2 Å². The molecule has 0 amide bonds. The zero-order valence-electron chi connectivity index (χ0n) is 10.2. The summed E-state index contributed by atoms with van der Waals surface area (Å²) in [4.78, 5) is 17.3. The quantitative estimate of drug-likeness (QED) is 0.584. The van der Waals surface area contributed by atoms with Crippen molar-refractivity contribution in [3.05, 3.63) is 23.9 Å². The Balaban J connectivity index is 2.40. The van der Waals surface area contributed by atoms with E-state index in [1.807, 2.05) is 0 Å². The van der Waals surface area contributed by atoms with Crippen LogP contribution in [0.2, 0.25) is 0 Å². The van der Waals surface area contributed by atoms with E-state index < -0.39 is 0 Å². The number of hydrogen-bond acceptors (Lipinski definition) is 3. The third kappa shape index (κ3) is 1.34. The number of ketones is 1. The Morgan fingerprint density at radius 1 is 1.56 bits per heavy atom. The fourth-order valence-corrected chi connectivity index (χ4v) is 3.01. The maximum absolute atomic E-state index is 12.3. The standard InChI is InChI=1S/C13H19NO2/c1-5-6-8-11(14-16-4)9-7-10(12(8)15)13(9,2)3/h5,9-10,14H,1,6-7H2,2-4H3/t9-,10+/m1/s1. The molecule has 1 saturated carbocycles. The highest BCUT2D eigenvalue weighted by molar-refractivity contribution is 6.01. The molecular weight excluding hydrogens is 202 g/mol. The van der Waals surface area contributed by atoms with Crippen LogP contribution in [-0.4, -0.2) is 12.9 Å². The van der Waals surface area contributed by atoms with E-state index in [4.69, 9.17) is 4.84 Å². The van der Waals surface area contributed by atoms with Crippen LogP contribution >= 0.6 is 0 Å². The van der Waals surface area contributed by atoms with Crippen LogP contribution in [0, 0.1) is 17.3 Å². The van der Waals surface area contributed by atoms with Gasteiger partial charge in [-0.2, -0.15) is 0 Å². The van der Waals surface area contributed by atoms with Crippen molar-refractivity contribution in [3.63, 3.8) is 0 Å². The smallest absolute Gasteiger partial charge is 0.164 e. The van der Waals surface area contributed by atoms with Crippen molar-refractivity contribution >= 4 is 5.78 Å². The van der Waals surface area contributed by atoms with Gasteiger partial charge in [0.2, 0.25) is 0 Å². The third-order valence-electron chi connectivity index (χ3n) is 4.12. The Morgan fingerprint density at radius 3 is 2.75 bits per heavy atom. The van der Waals surface area contributed by atoms with Crippen LogP contribution in [0.3, 0.4) is 0 Å². The number of fused-ring (bicyclic) bond motifs is 1. The van der Waals surface area contributed by atoms with Gasteiger partial charge >= 0.3 is 0 Å². The summed E-state index contributed by atoms with van der Waals surface area (Å²) in [6.07, 6.45) is 3.37. The van der Waals surface area contributed by atoms with Gasteiger partial charge in [-0.25, -0.2) is 0 Å². The average molecular weight is 221 g/mol. The lowest BCUT2D eigenvalue weighted by molar-refractivity contribution is -0.137. The van der Waals surface area contributed by atoms with Gasteiger partial charge in [-0.05, 0) is 18.3 Å². The maximum atomic E-state index is 12.3. The van der Waals surface area contributed by atoms with Crippen LogP contribution in [0.25, 0.3) is 0 Å². The Kier molecular flexibility index (Phi) is 2.66. The van der Waals surface area contributed by atoms with E-state index in [-0.39, 0.29) is 17.1 Å². The summed E-state index contributed by atoms with van der Waals surface area (Å²) >= 11 is 0. The first-order chi connectivity index (χ1) is 7.54.